The van der Waals surface area contributed by atoms with Crippen LogP contribution in [-0.2, 0) is 4.79 Å². The van der Waals surface area contributed by atoms with Gasteiger partial charge >= 0.3 is 0 Å². The molecule has 0 aliphatic heterocycles. The van der Waals surface area contributed by atoms with Crippen molar-refractivity contribution in [1.29, 1.82) is 0 Å². The number of hydrogen-bond donors (Lipinski definition) is 1. The molecular formula is C13H21F2NO. The molecule has 0 atom stereocenters. The maximum absolute atomic E-state index is 12.6. The molecule has 98 valence electrons. The average molecular weight is 245 g/mol. The Morgan fingerprint density at radius 3 is 2.18 bits per heavy atom. The molecule has 17 heavy (non-hydrogen) atoms. The second-order valence-corrected chi connectivity index (χ2v) is 6.70. The summed E-state index contributed by atoms with van der Waals surface area (Å²) in [6.07, 6.45) is 1.43. The van der Waals surface area contributed by atoms with Crippen LogP contribution in [0.15, 0.2) is 0 Å². The third-order valence-electron chi connectivity index (χ3n) is 4.17. The molecule has 2 saturated carbocycles. The zero-order valence-corrected chi connectivity index (χ0v) is 10.7. The number of carbonyl (C=O) groups excluding carboxylic acids is 1. The van der Waals surface area contributed by atoms with Crippen LogP contribution in [0, 0.1) is 17.3 Å². The van der Waals surface area contributed by atoms with Gasteiger partial charge < -0.3 is 5.32 Å². The summed E-state index contributed by atoms with van der Waals surface area (Å²) in [6, 6.07) is 0.209. The fourth-order valence-electron chi connectivity index (χ4n) is 2.61. The van der Waals surface area contributed by atoms with Gasteiger partial charge in [0.2, 0.25) is 11.8 Å². The lowest BCUT2D eigenvalue weighted by molar-refractivity contribution is -0.151. The van der Waals surface area contributed by atoms with Gasteiger partial charge in [-0.1, -0.05) is 20.8 Å². The summed E-state index contributed by atoms with van der Waals surface area (Å²) in [5.74, 6) is -2.60. The first-order valence-corrected chi connectivity index (χ1v) is 6.35. The maximum atomic E-state index is 12.6. The highest BCUT2D eigenvalue weighted by molar-refractivity contribution is 5.80. The molecule has 2 rings (SSSR count). The molecule has 0 aromatic heterocycles. The van der Waals surface area contributed by atoms with Crippen LogP contribution in [-0.4, -0.2) is 17.9 Å². The SMILES string of the molecule is CC(C)(C)C1CC(NC(=O)C2CC(F)(F)C2)C1. The second-order valence-electron chi connectivity index (χ2n) is 6.70. The van der Waals surface area contributed by atoms with Crippen molar-refractivity contribution in [3.05, 3.63) is 0 Å². The zero-order valence-electron chi connectivity index (χ0n) is 10.7. The van der Waals surface area contributed by atoms with Gasteiger partial charge in [0.15, 0.2) is 0 Å². The highest BCUT2D eigenvalue weighted by atomic mass is 19.3. The molecule has 2 fully saturated rings. The summed E-state index contributed by atoms with van der Waals surface area (Å²) in [4.78, 5) is 11.6. The largest absolute Gasteiger partial charge is 0.353 e. The molecule has 0 bridgehead atoms. The molecule has 2 aliphatic rings. The lowest BCUT2D eigenvalue weighted by atomic mass is 9.66. The van der Waals surface area contributed by atoms with Crippen molar-refractivity contribution >= 4 is 5.91 Å². The van der Waals surface area contributed by atoms with E-state index in [-0.39, 0.29) is 30.2 Å². The van der Waals surface area contributed by atoms with Crippen molar-refractivity contribution in [3.63, 3.8) is 0 Å². The first-order chi connectivity index (χ1) is 7.67. The summed E-state index contributed by atoms with van der Waals surface area (Å²) in [5, 5.41) is 2.89. The van der Waals surface area contributed by atoms with Crippen molar-refractivity contribution < 1.29 is 13.6 Å². The highest BCUT2D eigenvalue weighted by Gasteiger charge is 2.49. The van der Waals surface area contributed by atoms with E-state index in [2.05, 4.69) is 26.1 Å². The molecule has 0 saturated heterocycles. The number of nitrogens with one attached hydrogen (secondary N) is 1. The zero-order chi connectivity index (χ0) is 12.8. The third kappa shape index (κ3) is 2.78. The van der Waals surface area contributed by atoms with E-state index in [9.17, 15) is 13.6 Å². The predicted octanol–water partition coefficient (Wildman–Crippen LogP) is 2.97. The second kappa shape index (κ2) is 3.92. The summed E-state index contributed by atoms with van der Waals surface area (Å²) < 4.78 is 25.2. The van der Waals surface area contributed by atoms with E-state index in [0.717, 1.165) is 12.8 Å². The highest BCUT2D eigenvalue weighted by Crippen LogP contribution is 2.44. The van der Waals surface area contributed by atoms with Crippen molar-refractivity contribution in [2.45, 2.75) is 58.4 Å². The minimum atomic E-state index is -2.60. The molecule has 1 amide bonds. The van der Waals surface area contributed by atoms with E-state index >= 15 is 0 Å². The molecule has 0 aromatic rings. The van der Waals surface area contributed by atoms with E-state index in [4.69, 9.17) is 0 Å². The smallest absolute Gasteiger partial charge is 0.249 e. The van der Waals surface area contributed by atoms with Gasteiger partial charge in [0, 0.05) is 24.8 Å². The van der Waals surface area contributed by atoms with Gasteiger partial charge in [-0.3, -0.25) is 4.79 Å². The van der Waals surface area contributed by atoms with Crippen LogP contribution in [0.5, 0.6) is 0 Å². The lowest BCUT2D eigenvalue weighted by Gasteiger charge is -2.45. The van der Waals surface area contributed by atoms with Gasteiger partial charge in [0.05, 0.1) is 0 Å². The normalized spacial score (nSPS) is 32.5. The van der Waals surface area contributed by atoms with Crippen LogP contribution in [0.3, 0.4) is 0 Å². The van der Waals surface area contributed by atoms with E-state index in [1.54, 1.807) is 0 Å². The minimum Gasteiger partial charge on any atom is -0.353 e. The van der Waals surface area contributed by atoms with E-state index in [0.29, 0.717) is 5.92 Å². The number of hydrogen-bond acceptors (Lipinski definition) is 1. The Morgan fingerprint density at radius 1 is 1.24 bits per heavy atom. The molecule has 0 aromatic carbocycles. The van der Waals surface area contributed by atoms with Gasteiger partial charge in [-0.25, -0.2) is 8.78 Å². The molecule has 2 nitrogen and oxygen atoms in total. The maximum Gasteiger partial charge on any atom is 0.249 e. The van der Waals surface area contributed by atoms with Crippen LogP contribution < -0.4 is 5.32 Å². The van der Waals surface area contributed by atoms with Crippen molar-refractivity contribution in [1.82, 2.24) is 5.32 Å². The lowest BCUT2D eigenvalue weighted by Crippen LogP contribution is -2.52. The summed E-state index contributed by atoms with van der Waals surface area (Å²) in [6.45, 7) is 6.59. The average Bonchev–Trinajstić information content (AvgIpc) is 2.03. The van der Waals surface area contributed by atoms with Crippen LogP contribution >= 0.6 is 0 Å². The number of rotatable bonds is 2. The Balaban J connectivity index is 1.69. The van der Waals surface area contributed by atoms with Gasteiger partial charge in [-0.15, -0.1) is 0 Å². The molecule has 0 radical (unpaired) electrons. The van der Waals surface area contributed by atoms with Crippen molar-refractivity contribution in [3.8, 4) is 0 Å². The number of amides is 1. The molecule has 0 heterocycles. The fraction of sp³-hybridized carbons (Fsp3) is 0.923. The number of carbonyl (C=O) groups is 1. The van der Waals surface area contributed by atoms with Crippen LogP contribution in [0.2, 0.25) is 0 Å². The van der Waals surface area contributed by atoms with Crippen LogP contribution in [0.4, 0.5) is 8.78 Å². The topological polar surface area (TPSA) is 29.1 Å². The Bertz CT molecular complexity index is 308. The first kappa shape index (κ1) is 12.8. The Hall–Kier alpha value is -0.670. The molecule has 4 heteroatoms. The molecule has 1 N–H and O–H groups in total. The standard InChI is InChI=1S/C13H21F2NO/c1-12(2,3)9-4-10(5-9)16-11(17)8-6-13(14,15)7-8/h8-10H,4-7H2,1-3H3,(H,16,17). The third-order valence-corrected chi connectivity index (χ3v) is 4.17. The first-order valence-electron chi connectivity index (χ1n) is 6.35. The van der Waals surface area contributed by atoms with E-state index < -0.39 is 11.8 Å². The molecular weight excluding hydrogens is 224 g/mol. The van der Waals surface area contributed by atoms with E-state index in [1.807, 2.05) is 0 Å². The molecule has 2 aliphatic carbocycles. The quantitative estimate of drug-likeness (QED) is 0.796. The Morgan fingerprint density at radius 2 is 1.76 bits per heavy atom. The van der Waals surface area contributed by atoms with Crippen molar-refractivity contribution in [2.24, 2.45) is 17.3 Å². The number of halogens is 2. The summed E-state index contributed by atoms with van der Waals surface area (Å²) >= 11 is 0. The minimum absolute atomic E-state index is 0.173. The molecule has 0 unspecified atom stereocenters. The predicted molar refractivity (Wildman–Crippen MR) is 61.8 cm³/mol. The number of alkyl halides is 2. The fourth-order valence-corrected chi connectivity index (χ4v) is 2.61. The Kier molecular flexibility index (Phi) is 2.95. The Labute approximate surface area is 101 Å². The van der Waals surface area contributed by atoms with E-state index in [1.165, 1.54) is 0 Å². The van der Waals surface area contributed by atoms with Gasteiger partial charge in [-0.05, 0) is 24.2 Å². The van der Waals surface area contributed by atoms with Crippen LogP contribution in [0.25, 0.3) is 0 Å². The molecule has 0 spiro atoms. The van der Waals surface area contributed by atoms with Gasteiger partial charge in [0.25, 0.3) is 0 Å². The van der Waals surface area contributed by atoms with Gasteiger partial charge in [0.1, 0.15) is 0 Å². The van der Waals surface area contributed by atoms with Crippen LogP contribution in [0.1, 0.15) is 46.5 Å². The van der Waals surface area contributed by atoms with Crippen molar-refractivity contribution in [2.75, 3.05) is 0 Å². The summed E-state index contributed by atoms with van der Waals surface area (Å²) in [7, 11) is 0. The monoisotopic (exact) mass is 245 g/mol. The summed E-state index contributed by atoms with van der Waals surface area (Å²) in [5.41, 5.74) is 0.282. The van der Waals surface area contributed by atoms with Gasteiger partial charge in [-0.2, -0.15) is 0 Å².